The Morgan fingerprint density at radius 3 is 2.62 bits per heavy atom. The summed E-state index contributed by atoms with van der Waals surface area (Å²) < 4.78 is 0. The lowest BCUT2D eigenvalue weighted by molar-refractivity contribution is 0.898. The van der Waals surface area contributed by atoms with Crippen molar-refractivity contribution in [3.05, 3.63) is 67.5 Å². The van der Waals surface area contributed by atoms with Crippen molar-refractivity contribution < 1.29 is 0 Å². The smallest absolute Gasteiger partial charge is 0.178 e. The van der Waals surface area contributed by atoms with Gasteiger partial charge in [-0.1, -0.05) is 0 Å². The van der Waals surface area contributed by atoms with E-state index in [0.717, 1.165) is 44.5 Å². The molecule has 6 rings (SSSR count). The van der Waals surface area contributed by atoms with Gasteiger partial charge in [-0.2, -0.15) is 5.10 Å². The van der Waals surface area contributed by atoms with Gasteiger partial charge in [0.15, 0.2) is 11.5 Å². The highest BCUT2D eigenvalue weighted by Gasteiger charge is 2.17. The first kappa shape index (κ1) is 20.0. The number of imidazole rings is 1. The van der Waals surface area contributed by atoms with Crippen LogP contribution < -0.4 is 5.32 Å². The van der Waals surface area contributed by atoms with Crippen LogP contribution in [0.1, 0.15) is 13.8 Å². The largest absolute Gasteiger partial charge is 0.382 e. The molecule has 0 unspecified atom stereocenters. The fraction of sp³-hybridized carbons (Fsp3) is 0.120. The maximum atomic E-state index is 4.73. The topological polar surface area (TPSA) is 121 Å². The zero-order valence-electron chi connectivity index (χ0n) is 18.6. The van der Waals surface area contributed by atoms with Gasteiger partial charge < -0.3 is 10.3 Å². The summed E-state index contributed by atoms with van der Waals surface area (Å²) in [5.41, 5.74) is 7.75. The molecule has 166 valence electrons. The molecule has 0 atom stereocenters. The Hall–Kier alpha value is -4.66. The Balaban J connectivity index is 1.45. The molecule has 0 aliphatic carbocycles. The minimum Gasteiger partial charge on any atom is -0.382 e. The van der Waals surface area contributed by atoms with E-state index in [0.29, 0.717) is 23.2 Å². The average Bonchev–Trinajstić information content (AvgIpc) is 3.48. The number of aromatic nitrogens is 8. The summed E-state index contributed by atoms with van der Waals surface area (Å²) in [6.45, 7) is 4.19. The number of pyridine rings is 4. The third-order valence-electron chi connectivity index (χ3n) is 5.54. The molecule has 0 aromatic carbocycles. The van der Waals surface area contributed by atoms with Gasteiger partial charge >= 0.3 is 0 Å². The van der Waals surface area contributed by atoms with E-state index < -0.39 is 0 Å². The van der Waals surface area contributed by atoms with Crippen molar-refractivity contribution in [3.8, 4) is 33.9 Å². The summed E-state index contributed by atoms with van der Waals surface area (Å²) in [5, 5.41) is 11.9. The van der Waals surface area contributed by atoms with Crippen LogP contribution in [-0.4, -0.2) is 46.1 Å². The number of aromatic amines is 2. The van der Waals surface area contributed by atoms with Crippen molar-refractivity contribution in [2.24, 2.45) is 0 Å². The van der Waals surface area contributed by atoms with Gasteiger partial charge in [-0.05, 0) is 49.7 Å². The molecule has 0 bridgehead atoms. The van der Waals surface area contributed by atoms with Gasteiger partial charge in [0, 0.05) is 53.5 Å². The molecule has 6 aromatic heterocycles. The summed E-state index contributed by atoms with van der Waals surface area (Å²) >= 11 is 0. The summed E-state index contributed by atoms with van der Waals surface area (Å²) in [4.78, 5) is 25.7. The predicted octanol–water partition coefficient (Wildman–Crippen LogP) is 4.84. The molecule has 3 N–H and O–H groups in total. The highest BCUT2D eigenvalue weighted by molar-refractivity contribution is 5.96. The van der Waals surface area contributed by atoms with E-state index in [4.69, 9.17) is 4.98 Å². The van der Waals surface area contributed by atoms with Crippen molar-refractivity contribution in [1.82, 2.24) is 40.1 Å². The molecule has 0 spiro atoms. The maximum absolute atomic E-state index is 4.73. The number of fused-ring (bicyclic) bond motifs is 2. The zero-order chi connectivity index (χ0) is 23.1. The van der Waals surface area contributed by atoms with Gasteiger partial charge in [-0.25, -0.2) is 9.97 Å². The lowest BCUT2D eigenvalue weighted by atomic mass is 10.1. The van der Waals surface area contributed by atoms with Gasteiger partial charge in [0.05, 0.1) is 28.6 Å². The van der Waals surface area contributed by atoms with Crippen LogP contribution in [0.3, 0.4) is 0 Å². The number of rotatable bonds is 5. The van der Waals surface area contributed by atoms with E-state index in [1.165, 1.54) is 0 Å². The fourth-order valence-corrected chi connectivity index (χ4v) is 4.04. The second kappa shape index (κ2) is 8.04. The lowest BCUT2D eigenvalue weighted by Crippen LogP contribution is -2.09. The molecule has 0 saturated heterocycles. The normalized spacial score (nSPS) is 11.5. The van der Waals surface area contributed by atoms with Crippen LogP contribution in [0.25, 0.3) is 56.0 Å². The summed E-state index contributed by atoms with van der Waals surface area (Å²) in [6, 6.07) is 10.3. The van der Waals surface area contributed by atoms with Crippen LogP contribution in [-0.2, 0) is 0 Å². The van der Waals surface area contributed by atoms with Gasteiger partial charge in [0.2, 0.25) is 0 Å². The molecule has 0 saturated carbocycles. The van der Waals surface area contributed by atoms with E-state index >= 15 is 0 Å². The number of nitrogens with zero attached hydrogens (tertiary/aromatic N) is 6. The van der Waals surface area contributed by atoms with Gasteiger partial charge in [0.25, 0.3) is 0 Å². The van der Waals surface area contributed by atoms with Crippen LogP contribution in [0.5, 0.6) is 0 Å². The molecular formula is C25H21N9. The fourth-order valence-electron chi connectivity index (χ4n) is 4.04. The molecule has 6 heterocycles. The van der Waals surface area contributed by atoms with E-state index in [9.17, 15) is 0 Å². The summed E-state index contributed by atoms with van der Waals surface area (Å²) in [7, 11) is 0. The third-order valence-corrected chi connectivity index (χ3v) is 5.54. The van der Waals surface area contributed by atoms with E-state index in [1.54, 1.807) is 24.8 Å². The highest BCUT2D eigenvalue weighted by Crippen LogP contribution is 2.31. The van der Waals surface area contributed by atoms with Crippen molar-refractivity contribution in [1.29, 1.82) is 0 Å². The second-order valence-electron chi connectivity index (χ2n) is 8.33. The SMILES string of the molecule is CC(C)Nc1cncc(-c2cc3c(-c4nc5nccc(-c6ccncc6)c5[nH]4)n[nH]c3cn2)c1. The highest BCUT2D eigenvalue weighted by atomic mass is 15.1. The first-order valence-corrected chi connectivity index (χ1v) is 11.0. The Labute approximate surface area is 194 Å². The van der Waals surface area contributed by atoms with E-state index in [2.05, 4.69) is 54.3 Å². The number of nitrogens with one attached hydrogen (secondary N) is 3. The van der Waals surface area contributed by atoms with Crippen LogP contribution >= 0.6 is 0 Å². The molecule has 9 heteroatoms. The molecule has 6 aromatic rings. The maximum Gasteiger partial charge on any atom is 0.178 e. The second-order valence-corrected chi connectivity index (χ2v) is 8.33. The first-order valence-electron chi connectivity index (χ1n) is 11.0. The predicted molar refractivity (Wildman–Crippen MR) is 132 cm³/mol. The van der Waals surface area contributed by atoms with E-state index in [1.807, 2.05) is 42.7 Å². The number of anilines is 1. The average molecular weight is 448 g/mol. The molecule has 0 aliphatic heterocycles. The monoisotopic (exact) mass is 447 g/mol. The third kappa shape index (κ3) is 3.53. The van der Waals surface area contributed by atoms with Crippen LogP contribution in [0.4, 0.5) is 5.69 Å². The van der Waals surface area contributed by atoms with E-state index in [-0.39, 0.29) is 0 Å². The molecule has 0 amide bonds. The van der Waals surface area contributed by atoms with Crippen molar-refractivity contribution in [2.75, 3.05) is 5.32 Å². The lowest BCUT2D eigenvalue weighted by Gasteiger charge is -2.10. The summed E-state index contributed by atoms with van der Waals surface area (Å²) in [5.74, 6) is 0.640. The quantitative estimate of drug-likeness (QED) is 0.346. The van der Waals surface area contributed by atoms with Gasteiger partial charge in [-0.3, -0.25) is 20.1 Å². The molecule has 0 aliphatic rings. The van der Waals surface area contributed by atoms with Gasteiger partial charge in [-0.15, -0.1) is 0 Å². The van der Waals surface area contributed by atoms with Crippen molar-refractivity contribution in [3.63, 3.8) is 0 Å². The molecule has 34 heavy (non-hydrogen) atoms. The number of H-pyrrole nitrogens is 2. The Kier molecular flexibility index (Phi) is 4.72. The number of hydrogen-bond donors (Lipinski definition) is 3. The van der Waals surface area contributed by atoms with Crippen LogP contribution in [0, 0.1) is 0 Å². The van der Waals surface area contributed by atoms with Crippen molar-refractivity contribution in [2.45, 2.75) is 19.9 Å². The van der Waals surface area contributed by atoms with Crippen LogP contribution in [0.15, 0.2) is 67.5 Å². The van der Waals surface area contributed by atoms with Gasteiger partial charge in [0.1, 0.15) is 5.69 Å². The zero-order valence-corrected chi connectivity index (χ0v) is 18.6. The Morgan fingerprint density at radius 2 is 1.76 bits per heavy atom. The molecular weight excluding hydrogens is 426 g/mol. The minimum atomic E-state index is 0.312. The van der Waals surface area contributed by atoms with Crippen LogP contribution in [0.2, 0.25) is 0 Å². The minimum absolute atomic E-state index is 0.312. The summed E-state index contributed by atoms with van der Waals surface area (Å²) in [6.07, 6.45) is 10.7. The number of hydrogen-bond acceptors (Lipinski definition) is 7. The Bertz CT molecular complexity index is 1620. The molecule has 0 radical (unpaired) electrons. The molecule has 0 fully saturated rings. The standard InChI is InChI=1S/C25H21N9/c1-14(2)30-17-9-16(11-27-12-17)20-10-19-21(13-29-20)33-34-23(19)25-31-22-18(5-8-28-24(22)32-25)15-3-6-26-7-4-15/h3-14,30H,1-2H3,(H,33,34)(H,28,31,32). The Morgan fingerprint density at radius 1 is 0.882 bits per heavy atom. The first-order chi connectivity index (χ1) is 16.7. The molecule has 9 nitrogen and oxygen atoms in total. The van der Waals surface area contributed by atoms with Crippen molar-refractivity contribution >= 4 is 27.8 Å².